The number of ether oxygens (including phenoxy) is 2. The standard InChI is InChI=1S/C12H12F3O4P/c1-17-11(16)8-5-9(18-12(13,14)15)7-10(6-8)19-20-3-2-4-20/h5-7H,2-4H2,1H3. The lowest BCUT2D eigenvalue weighted by Crippen LogP contribution is -2.17. The minimum Gasteiger partial charge on any atom is -0.474 e. The fourth-order valence-corrected chi connectivity index (χ4v) is 2.74. The molecule has 0 radical (unpaired) electrons. The normalized spacial score (nSPS) is 15.4. The summed E-state index contributed by atoms with van der Waals surface area (Å²) in [5.74, 6) is -1.05. The van der Waals surface area contributed by atoms with Gasteiger partial charge in [-0.25, -0.2) is 4.79 Å². The minimum atomic E-state index is -4.83. The Balaban J connectivity index is 2.25. The molecule has 1 saturated heterocycles. The number of carbonyl (C=O) groups excluding carboxylic acids is 1. The molecule has 1 fully saturated rings. The number of benzene rings is 1. The first kappa shape index (κ1) is 14.9. The first-order valence-corrected chi connectivity index (χ1v) is 7.42. The molecule has 1 aliphatic rings. The van der Waals surface area contributed by atoms with Gasteiger partial charge in [-0.15, -0.1) is 13.2 Å². The molecular formula is C12H12F3O4P. The smallest absolute Gasteiger partial charge is 0.474 e. The Kier molecular flexibility index (Phi) is 4.38. The molecule has 1 aliphatic heterocycles. The molecule has 0 amide bonds. The van der Waals surface area contributed by atoms with Crippen molar-refractivity contribution in [2.75, 3.05) is 19.4 Å². The number of methoxy groups -OCH3 is 1. The topological polar surface area (TPSA) is 44.8 Å². The predicted molar refractivity (Wildman–Crippen MR) is 66.4 cm³/mol. The quantitative estimate of drug-likeness (QED) is 0.630. The second-order valence-electron chi connectivity index (χ2n) is 4.11. The van der Waals surface area contributed by atoms with Crippen molar-refractivity contribution in [1.82, 2.24) is 0 Å². The third kappa shape index (κ3) is 4.00. The van der Waals surface area contributed by atoms with Crippen LogP contribution in [-0.2, 0) is 4.74 Å². The van der Waals surface area contributed by atoms with Crippen molar-refractivity contribution in [2.24, 2.45) is 0 Å². The van der Waals surface area contributed by atoms with Crippen molar-refractivity contribution in [3.05, 3.63) is 23.8 Å². The Bertz CT molecular complexity index is 500. The van der Waals surface area contributed by atoms with Gasteiger partial charge in [-0.05, 0) is 18.6 Å². The molecule has 0 aliphatic carbocycles. The van der Waals surface area contributed by atoms with E-state index in [1.807, 2.05) is 0 Å². The molecule has 0 saturated carbocycles. The van der Waals surface area contributed by atoms with Crippen molar-refractivity contribution in [3.8, 4) is 11.5 Å². The number of hydrogen-bond acceptors (Lipinski definition) is 4. The van der Waals surface area contributed by atoms with Crippen LogP contribution >= 0.6 is 8.15 Å². The van der Waals surface area contributed by atoms with Gasteiger partial charge in [0.15, 0.2) is 0 Å². The molecule has 4 nitrogen and oxygen atoms in total. The van der Waals surface area contributed by atoms with Crippen LogP contribution in [0.25, 0.3) is 0 Å². The molecule has 0 bridgehead atoms. The minimum absolute atomic E-state index is 0.0419. The summed E-state index contributed by atoms with van der Waals surface area (Å²) in [5.41, 5.74) is -0.0419. The van der Waals surface area contributed by atoms with Crippen molar-refractivity contribution in [1.29, 1.82) is 0 Å². The van der Waals surface area contributed by atoms with E-state index in [0.717, 1.165) is 38.0 Å². The fraction of sp³-hybridized carbons (Fsp3) is 0.417. The maximum atomic E-state index is 12.3. The van der Waals surface area contributed by atoms with E-state index in [4.69, 9.17) is 4.52 Å². The van der Waals surface area contributed by atoms with Gasteiger partial charge in [0.05, 0.1) is 20.8 Å². The van der Waals surface area contributed by atoms with Crippen LogP contribution in [-0.4, -0.2) is 31.8 Å². The van der Waals surface area contributed by atoms with Gasteiger partial charge < -0.3 is 14.0 Å². The maximum Gasteiger partial charge on any atom is 0.573 e. The first-order valence-electron chi connectivity index (χ1n) is 5.79. The molecule has 0 aromatic heterocycles. The molecule has 2 rings (SSSR count). The van der Waals surface area contributed by atoms with Crippen LogP contribution in [0.4, 0.5) is 13.2 Å². The number of alkyl halides is 3. The average Bonchev–Trinajstić information content (AvgIpc) is 2.30. The lowest BCUT2D eigenvalue weighted by molar-refractivity contribution is -0.274. The monoisotopic (exact) mass is 308 g/mol. The van der Waals surface area contributed by atoms with Gasteiger partial charge in [-0.3, -0.25) is 0 Å². The molecule has 0 N–H and O–H groups in total. The van der Waals surface area contributed by atoms with Crippen LogP contribution in [0.15, 0.2) is 18.2 Å². The third-order valence-corrected chi connectivity index (χ3v) is 4.68. The van der Waals surface area contributed by atoms with E-state index >= 15 is 0 Å². The van der Waals surface area contributed by atoms with Gasteiger partial charge in [-0.2, -0.15) is 0 Å². The average molecular weight is 308 g/mol. The van der Waals surface area contributed by atoms with Gasteiger partial charge in [0.2, 0.25) is 0 Å². The Morgan fingerprint density at radius 3 is 2.35 bits per heavy atom. The Morgan fingerprint density at radius 2 is 1.85 bits per heavy atom. The van der Waals surface area contributed by atoms with Crippen LogP contribution in [0.3, 0.4) is 0 Å². The summed E-state index contributed by atoms with van der Waals surface area (Å²) in [7, 11) is 0.505. The third-order valence-electron chi connectivity index (χ3n) is 2.58. The van der Waals surface area contributed by atoms with Crippen molar-refractivity contribution < 1.29 is 32.0 Å². The molecule has 0 atom stereocenters. The maximum absolute atomic E-state index is 12.3. The predicted octanol–water partition coefficient (Wildman–Crippen LogP) is 3.55. The van der Waals surface area contributed by atoms with Crippen LogP contribution in [0.1, 0.15) is 16.8 Å². The molecular weight excluding hydrogens is 296 g/mol. The van der Waals surface area contributed by atoms with Gasteiger partial charge in [0, 0.05) is 18.4 Å². The Hall–Kier alpha value is -1.49. The van der Waals surface area contributed by atoms with E-state index in [1.165, 1.54) is 6.07 Å². The summed E-state index contributed by atoms with van der Waals surface area (Å²) in [6.45, 7) is 0. The summed E-state index contributed by atoms with van der Waals surface area (Å²) < 4.78 is 50.6. The van der Waals surface area contributed by atoms with E-state index in [9.17, 15) is 18.0 Å². The highest BCUT2D eigenvalue weighted by Gasteiger charge is 2.32. The zero-order valence-corrected chi connectivity index (χ0v) is 11.5. The SMILES string of the molecule is COC(=O)c1cc(OP2CCC2)cc(OC(F)(F)F)c1. The number of rotatable bonds is 4. The Labute approximate surface area is 114 Å². The van der Waals surface area contributed by atoms with Crippen molar-refractivity contribution >= 4 is 14.1 Å². The van der Waals surface area contributed by atoms with Gasteiger partial charge >= 0.3 is 12.3 Å². The van der Waals surface area contributed by atoms with Crippen LogP contribution in [0.2, 0.25) is 0 Å². The first-order chi connectivity index (χ1) is 9.37. The number of hydrogen-bond donors (Lipinski definition) is 0. The second-order valence-corrected chi connectivity index (χ2v) is 6.15. The summed E-state index contributed by atoms with van der Waals surface area (Å²) in [6.07, 6.45) is -1.96. The molecule has 8 heteroatoms. The summed E-state index contributed by atoms with van der Waals surface area (Å²) in [4.78, 5) is 11.4. The molecule has 0 spiro atoms. The molecule has 110 valence electrons. The molecule has 1 aromatic rings. The summed E-state index contributed by atoms with van der Waals surface area (Å²) >= 11 is 0. The van der Waals surface area contributed by atoms with Crippen molar-refractivity contribution in [3.63, 3.8) is 0 Å². The molecule has 0 unspecified atom stereocenters. The van der Waals surface area contributed by atoms with E-state index in [-0.39, 0.29) is 11.3 Å². The zero-order chi connectivity index (χ0) is 14.8. The van der Waals surface area contributed by atoms with Gasteiger partial charge in [0.1, 0.15) is 11.5 Å². The van der Waals surface area contributed by atoms with E-state index in [1.54, 1.807) is 0 Å². The lowest BCUT2D eigenvalue weighted by atomic mass is 10.2. The van der Waals surface area contributed by atoms with Crippen LogP contribution in [0, 0.1) is 0 Å². The van der Waals surface area contributed by atoms with E-state index in [2.05, 4.69) is 9.47 Å². The highest BCUT2D eigenvalue weighted by molar-refractivity contribution is 7.54. The molecule has 20 heavy (non-hydrogen) atoms. The zero-order valence-electron chi connectivity index (χ0n) is 10.6. The van der Waals surface area contributed by atoms with Crippen LogP contribution in [0.5, 0.6) is 11.5 Å². The number of halogens is 3. The fourth-order valence-electron chi connectivity index (χ4n) is 1.58. The highest BCUT2D eigenvalue weighted by atomic mass is 31.1. The lowest BCUT2D eigenvalue weighted by Gasteiger charge is -2.26. The van der Waals surface area contributed by atoms with Crippen LogP contribution < -0.4 is 9.26 Å². The summed E-state index contributed by atoms with van der Waals surface area (Å²) in [6, 6.07) is 3.45. The highest BCUT2D eigenvalue weighted by Crippen LogP contribution is 2.47. The van der Waals surface area contributed by atoms with E-state index < -0.39 is 26.2 Å². The van der Waals surface area contributed by atoms with Gasteiger partial charge in [-0.1, -0.05) is 0 Å². The van der Waals surface area contributed by atoms with E-state index in [0.29, 0.717) is 0 Å². The largest absolute Gasteiger partial charge is 0.573 e. The number of carbonyl (C=O) groups is 1. The van der Waals surface area contributed by atoms with Gasteiger partial charge in [0.25, 0.3) is 0 Å². The van der Waals surface area contributed by atoms with Crippen molar-refractivity contribution in [2.45, 2.75) is 12.8 Å². The summed E-state index contributed by atoms with van der Waals surface area (Å²) in [5, 5.41) is 0. The number of esters is 1. The Morgan fingerprint density at radius 1 is 1.20 bits per heavy atom. The molecule has 1 aromatic carbocycles. The molecule has 1 heterocycles. The second kappa shape index (κ2) is 5.87.